The van der Waals surface area contributed by atoms with Gasteiger partial charge < -0.3 is 0 Å². The SMILES string of the molecule is C=Cc1c(/C=C\C)nc(-c2ccc(C)cc2)nc1-c1ccccc1. The molecule has 0 N–H and O–H groups in total. The van der Waals surface area contributed by atoms with Crippen molar-refractivity contribution < 1.29 is 0 Å². The van der Waals surface area contributed by atoms with Crippen molar-refractivity contribution in [1.82, 2.24) is 9.97 Å². The van der Waals surface area contributed by atoms with Crippen LogP contribution in [0.1, 0.15) is 23.7 Å². The third-order valence-corrected chi connectivity index (χ3v) is 3.86. The lowest BCUT2D eigenvalue weighted by atomic mass is 10.0. The minimum atomic E-state index is 0.729. The van der Waals surface area contributed by atoms with Crippen LogP contribution in [0, 0.1) is 6.92 Å². The highest BCUT2D eigenvalue weighted by molar-refractivity contribution is 5.78. The molecule has 0 atom stereocenters. The average Bonchev–Trinajstić information content (AvgIpc) is 2.63. The van der Waals surface area contributed by atoms with E-state index in [1.54, 1.807) is 0 Å². The molecule has 0 aliphatic carbocycles. The molecule has 2 aromatic carbocycles. The molecule has 0 unspecified atom stereocenters. The number of hydrogen-bond acceptors (Lipinski definition) is 2. The fraction of sp³-hybridized carbons (Fsp3) is 0.0909. The zero-order valence-corrected chi connectivity index (χ0v) is 14.0. The second-order valence-electron chi connectivity index (χ2n) is 5.63. The molecule has 1 aromatic heterocycles. The van der Waals surface area contributed by atoms with Gasteiger partial charge in [0.05, 0.1) is 11.4 Å². The van der Waals surface area contributed by atoms with E-state index in [4.69, 9.17) is 9.97 Å². The molecule has 1 heterocycles. The summed E-state index contributed by atoms with van der Waals surface area (Å²) < 4.78 is 0. The zero-order chi connectivity index (χ0) is 16.9. The maximum atomic E-state index is 4.84. The first-order chi connectivity index (χ1) is 11.7. The van der Waals surface area contributed by atoms with Gasteiger partial charge in [0.1, 0.15) is 0 Å². The summed E-state index contributed by atoms with van der Waals surface area (Å²) in [6.45, 7) is 8.02. The first kappa shape index (κ1) is 15.9. The summed E-state index contributed by atoms with van der Waals surface area (Å²) in [5.74, 6) is 0.729. The van der Waals surface area contributed by atoms with Crippen LogP contribution < -0.4 is 0 Å². The Kier molecular flexibility index (Phi) is 4.66. The maximum absolute atomic E-state index is 4.84. The van der Waals surface area contributed by atoms with Gasteiger partial charge in [-0.25, -0.2) is 9.97 Å². The van der Waals surface area contributed by atoms with Crippen molar-refractivity contribution in [3.8, 4) is 22.6 Å². The van der Waals surface area contributed by atoms with Crippen LogP contribution in [0.15, 0.2) is 67.3 Å². The smallest absolute Gasteiger partial charge is 0.160 e. The predicted molar refractivity (Wildman–Crippen MR) is 102 cm³/mol. The van der Waals surface area contributed by atoms with E-state index in [1.165, 1.54) is 5.56 Å². The van der Waals surface area contributed by atoms with Gasteiger partial charge in [0.2, 0.25) is 0 Å². The summed E-state index contributed by atoms with van der Waals surface area (Å²) in [5, 5.41) is 0. The minimum absolute atomic E-state index is 0.729. The lowest BCUT2D eigenvalue weighted by molar-refractivity contribution is 1.15. The highest BCUT2D eigenvalue weighted by atomic mass is 14.9. The number of aromatic nitrogens is 2. The Morgan fingerprint density at radius 2 is 1.58 bits per heavy atom. The summed E-state index contributed by atoms with van der Waals surface area (Å²) in [6.07, 6.45) is 5.82. The van der Waals surface area contributed by atoms with Gasteiger partial charge in [-0.1, -0.05) is 78.9 Å². The van der Waals surface area contributed by atoms with Crippen molar-refractivity contribution in [2.24, 2.45) is 0 Å². The molecular formula is C22H20N2. The molecule has 0 aliphatic rings. The standard InChI is InChI=1S/C22H20N2/c1-4-9-20-19(5-2)21(17-10-7-6-8-11-17)24-22(23-20)18-14-12-16(3)13-15-18/h4-15H,2H2,1,3H3/b9-4-. The second-order valence-corrected chi connectivity index (χ2v) is 5.63. The molecule has 3 rings (SSSR count). The van der Waals surface area contributed by atoms with Crippen LogP contribution in [0.25, 0.3) is 34.8 Å². The van der Waals surface area contributed by atoms with Crippen LogP contribution in [0.2, 0.25) is 0 Å². The van der Waals surface area contributed by atoms with Crippen molar-refractivity contribution in [2.75, 3.05) is 0 Å². The molecular weight excluding hydrogens is 292 g/mol. The zero-order valence-electron chi connectivity index (χ0n) is 14.0. The Morgan fingerprint density at radius 3 is 2.21 bits per heavy atom. The van der Waals surface area contributed by atoms with E-state index < -0.39 is 0 Å². The molecule has 0 spiro atoms. The van der Waals surface area contributed by atoms with E-state index in [9.17, 15) is 0 Å². The molecule has 0 radical (unpaired) electrons. The van der Waals surface area contributed by atoms with Crippen molar-refractivity contribution in [3.63, 3.8) is 0 Å². The molecule has 3 aromatic rings. The molecule has 0 fully saturated rings. The Balaban J connectivity index is 2.26. The van der Waals surface area contributed by atoms with E-state index in [0.29, 0.717) is 0 Å². The number of hydrogen-bond donors (Lipinski definition) is 0. The molecule has 24 heavy (non-hydrogen) atoms. The number of nitrogens with zero attached hydrogens (tertiary/aromatic N) is 2. The molecule has 0 saturated carbocycles. The first-order valence-electron chi connectivity index (χ1n) is 8.02. The van der Waals surface area contributed by atoms with Gasteiger partial charge in [0, 0.05) is 16.7 Å². The summed E-state index contributed by atoms with van der Waals surface area (Å²) in [6, 6.07) is 18.5. The topological polar surface area (TPSA) is 25.8 Å². The van der Waals surface area contributed by atoms with E-state index in [2.05, 4.69) is 49.9 Å². The Morgan fingerprint density at radius 1 is 0.875 bits per heavy atom. The lowest BCUT2D eigenvalue weighted by Gasteiger charge is -2.12. The van der Waals surface area contributed by atoms with Crippen molar-refractivity contribution in [2.45, 2.75) is 13.8 Å². The van der Waals surface area contributed by atoms with Crippen LogP contribution in [0.4, 0.5) is 0 Å². The van der Waals surface area contributed by atoms with Crippen LogP contribution >= 0.6 is 0 Å². The van der Waals surface area contributed by atoms with Gasteiger partial charge in [-0.15, -0.1) is 0 Å². The van der Waals surface area contributed by atoms with Gasteiger partial charge in [-0.3, -0.25) is 0 Å². The Hall–Kier alpha value is -3.00. The van der Waals surface area contributed by atoms with Crippen LogP contribution in [0.5, 0.6) is 0 Å². The Labute approximate surface area is 143 Å². The maximum Gasteiger partial charge on any atom is 0.160 e. The number of aryl methyl sites for hydroxylation is 1. The molecule has 118 valence electrons. The molecule has 0 bridgehead atoms. The normalized spacial score (nSPS) is 10.9. The first-order valence-corrected chi connectivity index (χ1v) is 8.02. The molecule has 0 amide bonds. The highest BCUT2D eigenvalue weighted by Crippen LogP contribution is 2.28. The minimum Gasteiger partial charge on any atom is -0.228 e. The summed E-state index contributed by atoms with van der Waals surface area (Å²) >= 11 is 0. The van der Waals surface area contributed by atoms with Gasteiger partial charge in [0.15, 0.2) is 5.82 Å². The average molecular weight is 312 g/mol. The molecule has 0 saturated heterocycles. The molecule has 0 aliphatic heterocycles. The summed E-state index contributed by atoms with van der Waals surface area (Å²) in [4.78, 5) is 9.59. The van der Waals surface area contributed by atoms with Gasteiger partial charge in [0.25, 0.3) is 0 Å². The number of benzene rings is 2. The fourth-order valence-electron chi connectivity index (χ4n) is 2.62. The van der Waals surface area contributed by atoms with Crippen LogP contribution in [-0.2, 0) is 0 Å². The predicted octanol–water partition coefficient (Wildman–Crippen LogP) is 5.80. The monoisotopic (exact) mass is 312 g/mol. The van der Waals surface area contributed by atoms with Gasteiger partial charge in [-0.2, -0.15) is 0 Å². The third kappa shape index (κ3) is 3.18. The van der Waals surface area contributed by atoms with E-state index >= 15 is 0 Å². The van der Waals surface area contributed by atoms with Crippen LogP contribution in [-0.4, -0.2) is 9.97 Å². The van der Waals surface area contributed by atoms with Crippen molar-refractivity contribution in [3.05, 3.63) is 84.1 Å². The van der Waals surface area contributed by atoms with E-state index in [1.807, 2.05) is 43.4 Å². The van der Waals surface area contributed by atoms with Crippen molar-refractivity contribution >= 4 is 12.2 Å². The van der Waals surface area contributed by atoms with E-state index in [-0.39, 0.29) is 0 Å². The quantitative estimate of drug-likeness (QED) is 0.609. The van der Waals surface area contributed by atoms with Gasteiger partial charge in [-0.05, 0) is 19.9 Å². The fourth-order valence-corrected chi connectivity index (χ4v) is 2.62. The Bertz CT molecular complexity index is 876. The molecule has 2 nitrogen and oxygen atoms in total. The summed E-state index contributed by atoms with van der Waals surface area (Å²) in [7, 11) is 0. The van der Waals surface area contributed by atoms with Crippen molar-refractivity contribution in [1.29, 1.82) is 0 Å². The third-order valence-electron chi connectivity index (χ3n) is 3.86. The highest BCUT2D eigenvalue weighted by Gasteiger charge is 2.13. The number of rotatable bonds is 4. The number of allylic oxidation sites excluding steroid dienone is 1. The van der Waals surface area contributed by atoms with Crippen LogP contribution in [0.3, 0.4) is 0 Å². The van der Waals surface area contributed by atoms with Gasteiger partial charge >= 0.3 is 0 Å². The second kappa shape index (κ2) is 7.05. The lowest BCUT2D eigenvalue weighted by Crippen LogP contribution is -2.00. The summed E-state index contributed by atoms with van der Waals surface area (Å²) in [5.41, 5.74) is 6.04. The molecule has 2 heteroatoms. The largest absolute Gasteiger partial charge is 0.228 e. The van der Waals surface area contributed by atoms with E-state index in [0.717, 1.165) is 33.9 Å².